The molecular weight excluding hydrogens is 316 g/mol. The number of aliphatic hydroxyl groups is 3. The van der Waals surface area contributed by atoms with E-state index in [1.807, 2.05) is 0 Å². The predicted molar refractivity (Wildman–Crippen MR) is 74.7 cm³/mol. The Hall–Kier alpha value is -1.15. The minimum absolute atomic E-state index is 0.312. The number of rotatable bonds is 5. The number of benzene rings is 1. The van der Waals surface area contributed by atoms with Crippen molar-refractivity contribution in [3.05, 3.63) is 27.7 Å². The number of aliphatic hydroxyl groups excluding tert-OH is 3. The Balaban J connectivity index is 3.08. The molecule has 0 saturated heterocycles. The summed E-state index contributed by atoms with van der Waals surface area (Å²) < 4.78 is 0.642. The van der Waals surface area contributed by atoms with Gasteiger partial charge in [0, 0.05) is 15.7 Å². The molecule has 1 rings (SSSR count). The molecule has 7 heteroatoms. The van der Waals surface area contributed by atoms with Crippen molar-refractivity contribution in [2.24, 2.45) is 0 Å². The fraction of sp³-hybridized carbons (Fsp3) is 0.417. The van der Waals surface area contributed by atoms with E-state index in [9.17, 15) is 20.1 Å². The smallest absolute Gasteiger partial charge is 0.252 e. The Kier molecular flexibility index (Phi) is 5.30. The van der Waals surface area contributed by atoms with Crippen molar-refractivity contribution < 1.29 is 20.1 Å². The second kappa shape index (κ2) is 6.33. The number of nitrogen functional groups attached to an aromatic ring is 1. The fourth-order valence-corrected chi connectivity index (χ4v) is 1.99. The number of nitrogens with one attached hydrogen (secondary N) is 1. The van der Waals surface area contributed by atoms with Crippen molar-refractivity contribution in [3.63, 3.8) is 0 Å². The minimum Gasteiger partial charge on any atom is -0.398 e. The Morgan fingerprint density at radius 2 is 1.84 bits per heavy atom. The number of halogens is 1. The van der Waals surface area contributed by atoms with Crippen molar-refractivity contribution in [1.82, 2.24) is 5.32 Å². The summed E-state index contributed by atoms with van der Waals surface area (Å²) in [5, 5.41) is 30.0. The van der Waals surface area contributed by atoms with Crippen molar-refractivity contribution in [2.75, 3.05) is 25.6 Å². The highest BCUT2D eigenvalue weighted by Gasteiger charge is 2.30. The standard InChI is InChI=1S/C12H17BrN2O4/c1-7-9(2-8(13)3-10(7)14)11(19)15-12(4-16,5-17)6-18/h2-3,16-18H,4-6,14H2,1H3,(H,15,19). The van der Waals surface area contributed by atoms with Gasteiger partial charge in [-0.25, -0.2) is 0 Å². The first-order chi connectivity index (χ1) is 8.89. The zero-order chi connectivity index (χ0) is 14.6. The molecule has 6 nitrogen and oxygen atoms in total. The van der Waals surface area contributed by atoms with Crippen molar-refractivity contribution in [3.8, 4) is 0 Å². The fourth-order valence-electron chi connectivity index (χ4n) is 1.51. The van der Waals surface area contributed by atoms with E-state index in [4.69, 9.17) is 5.73 Å². The Labute approximate surface area is 119 Å². The molecule has 0 aliphatic carbocycles. The molecule has 0 unspecified atom stereocenters. The third kappa shape index (κ3) is 3.44. The number of hydrogen-bond donors (Lipinski definition) is 5. The van der Waals surface area contributed by atoms with Gasteiger partial charge in [0.1, 0.15) is 5.54 Å². The first-order valence-electron chi connectivity index (χ1n) is 5.60. The van der Waals surface area contributed by atoms with E-state index in [-0.39, 0.29) is 0 Å². The molecule has 0 heterocycles. The lowest BCUT2D eigenvalue weighted by molar-refractivity contribution is 0.0375. The summed E-state index contributed by atoms with van der Waals surface area (Å²) in [5.74, 6) is -0.525. The zero-order valence-electron chi connectivity index (χ0n) is 10.5. The van der Waals surface area contributed by atoms with Gasteiger partial charge in [-0.05, 0) is 24.6 Å². The predicted octanol–water partition coefficient (Wildman–Crippen LogP) is -0.215. The largest absolute Gasteiger partial charge is 0.398 e. The topological polar surface area (TPSA) is 116 Å². The molecule has 0 aromatic heterocycles. The van der Waals surface area contributed by atoms with Gasteiger partial charge in [0.05, 0.1) is 19.8 Å². The van der Waals surface area contributed by atoms with Crippen LogP contribution in [0.1, 0.15) is 15.9 Å². The molecule has 106 valence electrons. The van der Waals surface area contributed by atoms with Gasteiger partial charge in [-0.3, -0.25) is 4.79 Å². The molecule has 0 bridgehead atoms. The van der Waals surface area contributed by atoms with E-state index in [1.165, 1.54) is 0 Å². The summed E-state index contributed by atoms with van der Waals surface area (Å²) in [4.78, 5) is 12.1. The molecule has 6 N–H and O–H groups in total. The maximum atomic E-state index is 12.1. The summed E-state index contributed by atoms with van der Waals surface area (Å²) in [5.41, 5.74) is 5.65. The van der Waals surface area contributed by atoms with Crippen LogP contribution >= 0.6 is 15.9 Å². The lowest BCUT2D eigenvalue weighted by Crippen LogP contribution is -2.57. The SMILES string of the molecule is Cc1c(N)cc(Br)cc1C(=O)NC(CO)(CO)CO. The second-order valence-electron chi connectivity index (χ2n) is 4.38. The summed E-state index contributed by atoms with van der Waals surface area (Å²) >= 11 is 3.24. The van der Waals surface area contributed by atoms with Gasteiger partial charge in [-0.15, -0.1) is 0 Å². The first kappa shape index (κ1) is 15.9. The van der Waals surface area contributed by atoms with E-state index in [1.54, 1.807) is 19.1 Å². The van der Waals surface area contributed by atoms with Crippen LogP contribution in [-0.2, 0) is 0 Å². The van der Waals surface area contributed by atoms with E-state index in [0.29, 0.717) is 21.3 Å². The van der Waals surface area contributed by atoms with E-state index in [0.717, 1.165) is 0 Å². The quantitative estimate of drug-likeness (QED) is 0.478. The number of amides is 1. The van der Waals surface area contributed by atoms with Crippen LogP contribution in [-0.4, -0.2) is 46.6 Å². The van der Waals surface area contributed by atoms with Crippen LogP contribution in [0.3, 0.4) is 0 Å². The number of nitrogens with two attached hydrogens (primary N) is 1. The monoisotopic (exact) mass is 332 g/mol. The van der Waals surface area contributed by atoms with Gasteiger partial charge in [-0.1, -0.05) is 15.9 Å². The molecule has 0 atom stereocenters. The lowest BCUT2D eigenvalue weighted by Gasteiger charge is -2.29. The Morgan fingerprint density at radius 1 is 1.32 bits per heavy atom. The van der Waals surface area contributed by atoms with Crippen LogP contribution in [0.15, 0.2) is 16.6 Å². The number of carbonyl (C=O) groups excluding carboxylic acids is 1. The van der Waals surface area contributed by atoms with Crippen LogP contribution in [0.5, 0.6) is 0 Å². The normalized spacial score (nSPS) is 11.4. The van der Waals surface area contributed by atoms with E-state index < -0.39 is 31.3 Å². The molecule has 1 amide bonds. The highest BCUT2D eigenvalue weighted by Crippen LogP contribution is 2.23. The van der Waals surface area contributed by atoms with E-state index in [2.05, 4.69) is 21.2 Å². The van der Waals surface area contributed by atoms with Crippen molar-refractivity contribution in [2.45, 2.75) is 12.5 Å². The molecule has 0 spiro atoms. The molecular formula is C12H17BrN2O4. The van der Waals surface area contributed by atoms with Crippen molar-refractivity contribution in [1.29, 1.82) is 0 Å². The highest BCUT2D eigenvalue weighted by atomic mass is 79.9. The first-order valence-corrected chi connectivity index (χ1v) is 6.39. The minimum atomic E-state index is -1.46. The highest BCUT2D eigenvalue weighted by molar-refractivity contribution is 9.10. The molecule has 19 heavy (non-hydrogen) atoms. The average molecular weight is 333 g/mol. The van der Waals surface area contributed by atoms with Crippen LogP contribution in [0.25, 0.3) is 0 Å². The molecule has 0 fully saturated rings. The molecule has 0 aliphatic rings. The summed E-state index contributed by atoms with van der Waals surface area (Å²) in [7, 11) is 0. The zero-order valence-corrected chi connectivity index (χ0v) is 12.1. The number of carbonyl (C=O) groups is 1. The maximum Gasteiger partial charge on any atom is 0.252 e. The van der Waals surface area contributed by atoms with E-state index >= 15 is 0 Å². The van der Waals surface area contributed by atoms with Gasteiger partial charge >= 0.3 is 0 Å². The van der Waals surface area contributed by atoms with Gasteiger partial charge in [-0.2, -0.15) is 0 Å². The van der Waals surface area contributed by atoms with Gasteiger partial charge < -0.3 is 26.4 Å². The molecule has 0 radical (unpaired) electrons. The van der Waals surface area contributed by atoms with Crippen LogP contribution in [0.4, 0.5) is 5.69 Å². The molecule has 1 aromatic carbocycles. The number of hydrogen-bond acceptors (Lipinski definition) is 5. The van der Waals surface area contributed by atoms with Crippen LogP contribution in [0, 0.1) is 6.92 Å². The maximum absolute atomic E-state index is 12.1. The summed E-state index contributed by atoms with van der Waals surface area (Å²) in [6.45, 7) is -0.0357. The Bertz CT molecular complexity index is 467. The van der Waals surface area contributed by atoms with Crippen LogP contribution in [0.2, 0.25) is 0 Å². The van der Waals surface area contributed by atoms with Gasteiger partial charge in [0.15, 0.2) is 0 Å². The number of anilines is 1. The second-order valence-corrected chi connectivity index (χ2v) is 5.29. The Morgan fingerprint density at radius 3 is 2.32 bits per heavy atom. The average Bonchev–Trinajstić information content (AvgIpc) is 2.40. The van der Waals surface area contributed by atoms with Crippen molar-refractivity contribution >= 4 is 27.5 Å². The third-order valence-corrected chi connectivity index (χ3v) is 3.40. The summed E-state index contributed by atoms with van der Waals surface area (Å²) in [6, 6.07) is 3.25. The van der Waals surface area contributed by atoms with Gasteiger partial charge in [0.25, 0.3) is 5.91 Å². The lowest BCUT2D eigenvalue weighted by atomic mass is 10.0. The molecule has 0 saturated carbocycles. The van der Waals surface area contributed by atoms with Crippen LogP contribution < -0.4 is 11.1 Å². The molecule has 0 aliphatic heterocycles. The summed E-state index contributed by atoms with van der Waals surface area (Å²) in [6.07, 6.45) is 0. The molecule has 1 aromatic rings. The van der Waals surface area contributed by atoms with Gasteiger partial charge in [0.2, 0.25) is 0 Å². The third-order valence-electron chi connectivity index (χ3n) is 2.94.